The highest BCUT2D eigenvalue weighted by atomic mass is 16.3. The van der Waals surface area contributed by atoms with E-state index in [4.69, 9.17) is 5.11 Å². The molecule has 2 N–H and O–H groups in total. The predicted molar refractivity (Wildman–Crippen MR) is 63.3 cm³/mol. The molecule has 0 aromatic heterocycles. The summed E-state index contributed by atoms with van der Waals surface area (Å²) in [6.07, 6.45) is 5.95. The number of benzene rings is 1. The highest BCUT2D eigenvalue weighted by Crippen LogP contribution is 2.24. The van der Waals surface area contributed by atoms with Crippen LogP contribution in [-0.4, -0.2) is 18.3 Å². The third-order valence-electron chi connectivity index (χ3n) is 3.01. The Labute approximate surface area is 91.3 Å². The summed E-state index contributed by atoms with van der Waals surface area (Å²) < 4.78 is 0. The fraction of sp³-hybridized carbons (Fsp3) is 0.538. The van der Waals surface area contributed by atoms with Crippen LogP contribution in [0.2, 0.25) is 0 Å². The highest BCUT2D eigenvalue weighted by Gasteiger charge is 2.08. The van der Waals surface area contributed by atoms with E-state index in [0.717, 1.165) is 13.0 Å². The van der Waals surface area contributed by atoms with Crippen LogP contribution >= 0.6 is 0 Å². The lowest BCUT2D eigenvalue weighted by Gasteiger charge is -2.17. The summed E-state index contributed by atoms with van der Waals surface area (Å²) in [7, 11) is 0. The third kappa shape index (κ3) is 2.72. The van der Waals surface area contributed by atoms with Crippen molar-refractivity contribution >= 4 is 5.69 Å². The van der Waals surface area contributed by atoms with Crippen LogP contribution < -0.4 is 5.32 Å². The number of aliphatic hydroxyl groups is 1. The number of aliphatic hydroxyl groups excluding tert-OH is 1. The van der Waals surface area contributed by atoms with E-state index in [0.29, 0.717) is 0 Å². The quantitative estimate of drug-likeness (QED) is 0.740. The van der Waals surface area contributed by atoms with E-state index in [1.54, 1.807) is 0 Å². The van der Waals surface area contributed by atoms with E-state index in [1.807, 2.05) is 0 Å². The molecule has 1 aromatic carbocycles. The largest absolute Gasteiger partial charge is 0.396 e. The van der Waals surface area contributed by atoms with Crippen LogP contribution in [-0.2, 0) is 12.8 Å². The molecule has 0 bridgehead atoms. The molecule has 0 aliphatic heterocycles. The summed E-state index contributed by atoms with van der Waals surface area (Å²) in [5.74, 6) is 0. The van der Waals surface area contributed by atoms with Gasteiger partial charge in [0.05, 0.1) is 0 Å². The van der Waals surface area contributed by atoms with Gasteiger partial charge in [-0.25, -0.2) is 0 Å². The van der Waals surface area contributed by atoms with Crippen LogP contribution in [0.1, 0.15) is 30.4 Å². The van der Waals surface area contributed by atoms with Gasteiger partial charge in [0.1, 0.15) is 0 Å². The molecule has 0 heterocycles. The van der Waals surface area contributed by atoms with E-state index >= 15 is 0 Å². The molecule has 0 saturated heterocycles. The van der Waals surface area contributed by atoms with Crippen molar-refractivity contribution < 1.29 is 5.11 Å². The Bertz CT molecular complexity index is 322. The van der Waals surface area contributed by atoms with Crippen molar-refractivity contribution in [2.24, 2.45) is 0 Å². The minimum Gasteiger partial charge on any atom is -0.396 e. The predicted octanol–water partition coefficient (Wildman–Crippen LogP) is 2.36. The summed E-state index contributed by atoms with van der Waals surface area (Å²) in [5, 5.41) is 12.0. The van der Waals surface area contributed by atoms with E-state index in [9.17, 15) is 0 Å². The Hall–Kier alpha value is -1.02. The van der Waals surface area contributed by atoms with Gasteiger partial charge in [-0.2, -0.15) is 0 Å². The maximum atomic E-state index is 8.70. The Morgan fingerprint density at radius 1 is 1.13 bits per heavy atom. The summed E-state index contributed by atoms with van der Waals surface area (Å²) in [6.45, 7) is 1.12. The van der Waals surface area contributed by atoms with Crippen LogP contribution in [0.4, 0.5) is 5.69 Å². The Morgan fingerprint density at radius 3 is 2.73 bits per heavy atom. The number of hydrogen-bond acceptors (Lipinski definition) is 2. The van der Waals surface area contributed by atoms with Crippen LogP contribution in [0, 0.1) is 0 Å². The first-order valence-electron chi connectivity index (χ1n) is 5.86. The molecule has 2 nitrogen and oxygen atoms in total. The van der Waals surface area contributed by atoms with Crippen LogP contribution in [0.5, 0.6) is 0 Å². The van der Waals surface area contributed by atoms with Crippen molar-refractivity contribution in [3.05, 3.63) is 29.3 Å². The first kappa shape index (κ1) is 10.5. The van der Waals surface area contributed by atoms with Crippen molar-refractivity contribution in [1.29, 1.82) is 0 Å². The van der Waals surface area contributed by atoms with E-state index in [2.05, 4.69) is 23.5 Å². The lowest BCUT2D eigenvalue weighted by atomic mass is 9.91. The molecule has 15 heavy (non-hydrogen) atoms. The second kappa shape index (κ2) is 5.17. The maximum Gasteiger partial charge on any atom is 0.0447 e. The van der Waals surface area contributed by atoms with Crippen molar-refractivity contribution in [1.82, 2.24) is 0 Å². The molecule has 1 aliphatic rings. The number of aryl methyl sites for hydroxylation is 2. The van der Waals surface area contributed by atoms with Crippen LogP contribution in [0.25, 0.3) is 0 Å². The number of anilines is 1. The Morgan fingerprint density at radius 2 is 1.93 bits per heavy atom. The fourth-order valence-corrected chi connectivity index (χ4v) is 2.16. The molecule has 82 valence electrons. The highest BCUT2D eigenvalue weighted by molar-refractivity contribution is 5.49. The van der Waals surface area contributed by atoms with E-state index in [1.165, 1.54) is 42.5 Å². The number of rotatable bonds is 4. The second-order valence-electron chi connectivity index (χ2n) is 4.19. The van der Waals surface area contributed by atoms with Crippen LogP contribution in [0.3, 0.4) is 0 Å². The van der Waals surface area contributed by atoms with Crippen molar-refractivity contribution in [2.75, 3.05) is 18.5 Å². The van der Waals surface area contributed by atoms with Gasteiger partial charge in [0, 0.05) is 18.8 Å². The number of fused-ring (bicyclic) bond motifs is 1. The lowest BCUT2D eigenvalue weighted by molar-refractivity contribution is 0.292. The molecule has 0 saturated carbocycles. The SMILES string of the molecule is OCCCNc1ccc2c(c1)CCCC2. The summed E-state index contributed by atoms with van der Waals surface area (Å²) in [5.41, 5.74) is 4.23. The molecule has 0 atom stereocenters. The fourth-order valence-electron chi connectivity index (χ4n) is 2.16. The van der Waals surface area contributed by atoms with Gasteiger partial charge in [-0.3, -0.25) is 0 Å². The van der Waals surface area contributed by atoms with Crippen molar-refractivity contribution in [3.8, 4) is 0 Å². The molecular formula is C13H19NO. The third-order valence-corrected chi connectivity index (χ3v) is 3.01. The first-order chi connectivity index (χ1) is 7.40. The topological polar surface area (TPSA) is 32.3 Å². The number of nitrogens with one attached hydrogen (secondary N) is 1. The minimum atomic E-state index is 0.262. The average Bonchev–Trinajstić information content (AvgIpc) is 2.29. The zero-order chi connectivity index (χ0) is 10.5. The van der Waals surface area contributed by atoms with Crippen molar-refractivity contribution in [2.45, 2.75) is 32.1 Å². The summed E-state index contributed by atoms with van der Waals surface area (Å²) in [4.78, 5) is 0. The maximum absolute atomic E-state index is 8.70. The zero-order valence-corrected chi connectivity index (χ0v) is 9.13. The summed E-state index contributed by atoms with van der Waals surface area (Å²) in [6, 6.07) is 6.67. The van der Waals surface area contributed by atoms with Gasteiger partial charge in [0.2, 0.25) is 0 Å². The van der Waals surface area contributed by atoms with Crippen LogP contribution in [0.15, 0.2) is 18.2 Å². The Kier molecular flexibility index (Phi) is 3.62. The average molecular weight is 205 g/mol. The molecule has 0 amide bonds. The van der Waals surface area contributed by atoms with Gasteiger partial charge in [0.25, 0.3) is 0 Å². The van der Waals surface area contributed by atoms with Gasteiger partial charge < -0.3 is 10.4 Å². The smallest absolute Gasteiger partial charge is 0.0447 e. The molecule has 0 radical (unpaired) electrons. The first-order valence-corrected chi connectivity index (χ1v) is 5.86. The molecule has 0 unspecified atom stereocenters. The lowest BCUT2D eigenvalue weighted by Crippen LogP contribution is -2.06. The molecule has 0 spiro atoms. The molecule has 1 aromatic rings. The minimum absolute atomic E-state index is 0.262. The van der Waals surface area contributed by atoms with Gasteiger partial charge in [-0.1, -0.05) is 6.07 Å². The van der Waals surface area contributed by atoms with Gasteiger partial charge in [-0.05, 0) is 55.4 Å². The summed E-state index contributed by atoms with van der Waals surface area (Å²) >= 11 is 0. The molecule has 1 aliphatic carbocycles. The van der Waals surface area contributed by atoms with E-state index in [-0.39, 0.29) is 6.61 Å². The zero-order valence-electron chi connectivity index (χ0n) is 9.13. The molecule has 0 fully saturated rings. The molecule has 2 rings (SSSR count). The number of hydrogen-bond donors (Lipinski definition) is 2. The Balaban J connectivity index is 2.00. The molecule has 2 heteroatoms. The monoisotopic (exact) mass is 205 g/mol. The van der Waals surface area contributed by atoms with Gasteiger partial charge in [0.15, 0.2) is 0 Å². The normalized spacial score (nSPS) is 14.7. The second-order valence-corrected chi connectivity index (χ2v) is 4.19. The standard InChI is InChI=1S/C13H19NO/c15-9-3-8-14-13-7-6-11-4-1-2-5-12(11)10-13/h6-7,10,14-15H,1-5,8-9H2. The van der Waals surface area contributed by atoms with Gasteiger partial charge in [-0.15, -0.1) is 0 Å². The van der Waals surface area contributed by atoms with E-state index < -0.39 is 0 Å². The van der Waals surface area contributed by atoms with Gasteiger partial charge >= 0.3 is 0 Å². The van der Waals surface area contributed by atoms with Crippen molar-refractivity contribution in [3.63, 3.8) is 0 Å². The molecular weight excluding hydrogens is 186 g/mol.